The first-order valence-corrected chi connectivity index (χ1v) is 11.8. The van der Waals surface area contributed by atoms with Crippen molar-refractivity contribution in [1.82, 2.24) is 24.8 Å². The van der Waals surface area contributed by atoms with Crippen LogP contribution in [-0.2, 0) is 11.2 Å². The quantitative estimate of drug-likeness (QED) is 0.566. The van der Waals surface area contributed by atoms with Gasteiger partial charge in [-0.2, -0.15) is 0 Å². The Morgan fingerprint density at radius 2 is 1.91 bits per heavy atom. The maximum absolute atomic E-state index is 13.5. The van der Waals surface area contributed by atoms with E-state index in [-0.39, 0.29) is 23.6 Å². The van der Waals surface area contributed by atoms with Crippen LogP contribution in [0.1, 0.15) is 58.9 Å². The van der Waals surface area contributed by atoms with Gasteiger partial charge in [0.05, 0.1) is 0 Å². The van der Waals surface area contributed by atoms with Gasteiger partial charge in [0.1, 0.15) is 6.04 Å². The largest absolute Gasteiger partial charge is 0.351 e. The Labute approximate surface area is 192 Å². The molecule has 1 saturated carbocycles. The predicted octanol–water partition coefficient (Wildman–Crippen LogP) is 3.73. The first-order valence-electron chi connectivity index (χ1n) is 11.0. The van der Waals surface area contributed by atoms with Crippen LogP contribution < -0.4 is 5.32 Å². The minimum absolute atomic E-state index is 0.154. The van der Waals surface area contributed by atoms with Crippen LogP contribution in [0.3, 0.4) is 0 Å². The van der Waals surface area contributed by atoms with E-state index in [9.17, 15) is 9.59 Å². The van der Waals surface area contributed by atoms with Gasteiger partial charge in [-0.25, -0.2) is 0 Å². The van der Waals surface area contributed by atoms with Crippen molar-refractivity contribution >= 4 is 23.3 Å². The lowest BCUT2D eigenvalue weighted by molar-refractivity contribution is -0.126. The van der Waals surface area contributed by atoms with Gasteiger partial charge in [-0.05, 0) is 66.5 Å². The maximum Gasteiger partial charge on any atom is 0.276 e. The van der Waals surface area contributed by atoms with Gasteiger partial charge in [0.25, 0.3) is 5.91 Å². The van der Waals surface area contributed by atoms with Crippen molar-refractivity contribution in [3.8, 4) is 0 Å². The highest BCUT2D eigenvalue weighted by Gasteiger charge is 2.34. The van der Waals surface area contributed by atoms with Crippen LogP contribution in [0.15, 0.2) is 54.2 Å². The van der Waals surface area contributed by atoms with E-state index in [1.165, 1.54) is 0 Å². The molecule has 2 heterocycles. The van der Waals surface area contributed by atoms with Gasteiger partial charge in [-0.3, -0.25) is 14.6 Å². The summed E-state index contributed by atoms with van der Waals surface area (Å²) in [5, 5.41) is 8.79. The number of nitrogens with one attached hydrogen (secondary N) is 1. The molecule has 32 heavy (non-hydrogen) atoms. The summed E-state index contributed by atoms with van der Waals surface area (Å²) in [5.41, 5.74) is 3.29. The number of hydrogen-bond donors (Lipinski definition) is 1. The second-order valence-corrected chi connectivity index (χ2v) is 8.75. The fourth-order valence-electron chi connectivity index (χ4n) is 4.25. The van der Waals surface area contributed by atoms with Gasteiger partial charge >= 0.3 is 0 Å². The number of rotatable bonds is 8. The van der Waals surface area contributed by atoms with Gasteiger partial charge in [0, 0.05) is 30.4 Å². The highest BCUT2D eigenvalue weighted by Crippen LogP contribution is 2.26. The van der Waals surface area contributed by atoms with Crippen LogP contribution in [0.2, 0.25) is 0 Å². The summed E-state index contributed by atoms with van der Waals surface area (Å²) in [6.07, 6.45) is 8.12. The number of hydrogen-bond acceptors (Lipinski definition) is 6. The van der Waals surface area contributed by atoms with E-state index < -0.39 is 6.04 Å². The molecule has 0 aliphatic heterocycles. The standard InChI is InChI=1S/C24H27N5O2S/c1-17-6-2-3-7-18(17)12-15-29(24(31)21-16-32-28-27-21)22(19-10-13-25-14-11-19)23(30)26-20-8-4-5-9-20/h2-3,6-7,10-11,13-14,16,20,22H,4-5,8-9,12,15H2,1H3,(H,26,30)/t22-/m0/s1. The number of benzene rings is 1. The van der Waals surface area contributed by atoms with Gasteiger partial charge in [-0.1, -0.05) is 41.6 Å². The Morgan fingerprint density at radius 1 is 1.16 bits per heavy atom. The third-order valence-corrected chi connectivity index (χ3v) is 6.51. The Balaban J connectivity index is 1.67. The molecule has 0 unspecified atom stereocenters. The average Bonchev–Trinajstić information content (AvgIpc) is 3.52. The number of carbonyl (C=O) groups is 2. The first-order chi connectivity index (χ1) is 15.6. The van der Waals surface area contributed by atoms with E-state index in [1.54, 1.807) is 34.8 Å². The molecule has 7 nitrogen and oxygen atoms in total. The van der Waals surface area contributed by atoms with E-state index in [0.717, 1.165) is 53.9 Å². The predicted molar refractivity (Wildman–Crippen MR) is 123 cm³/mol. The molecule has 3 aromatic rings. The van der Waals surface area contributed by atoms with Crippen molar-refractivity contribution in [2.75, 3.05) is 6.54 Å². The zero-order valence-corrected chi connectivity index (χ0v) is 18.9. The number of pyridine rings is 1. The number of amides is 2. The molecule has 0 saturated heterocycles. The molecular formula is C24H27N5O2S. The third-order valence-electron chi connectivity index (χ3n) is 6.01. The molecule has 1 N–H and O–H groups in total. The molecule has 2 amide bonds. The zero-order chi connectivity index (χ0) is 22.3. The molecule has 2 aromatic heterocycles. The lowest BCUT2D eigenvalue weighted by atomic mass is 10.0. The van der Waals surface area contributed by atoms with Gasteiger partial charge < -0.3 is 10.2 Å². The van der Waals surface area contributed by atoms with Crippen molar-refractivity contribution < 1.29 is 9.59 Å². The fourth-order valence-corrected chi connectivity index (χ4v) is 4.68. The molecule has 1 aliphatic carbocycles. The second-order valence-electron chi connectivity index (χ2n) is 8.14. The van der Waals surface area contributed by atoms with Crippen molar-refractivity contribution in [2.24, 2.45) is 0 Å². The number of carbonyl (C=O) groups excluding carboxylic acids is 2. The van der Waals surface area contributed by atoms with Crippen molar-refractivity contribution in [3.05, 3.63) is 76.6 Å². The summed E-state index contributed by atoms with van der Waals surface area (Å²) >= 11 is 1.13. The normalized spacial score (nSPS) is 14.8. The van der Waals surface area contributed by atoms with Crippen LogP contribution in [0.5, 0.6) is 0 Å². The monoisotopic (exact) mass is 449 g/mol. The highest BCUT2D eigenvalue weighted by molar-refractivity contribution is 7.03. The van der Waals surface area contributed by atoms with E-state index in [1.807, 2.05) is 12.1 Å². The minimum Gasteiger partial charge on any atom is -0.351 e. The van der Waals surface area contributed by atoms with Crippen molar-refractivity contribution in [3.63, 3.8) is 0 Å². The molecule has 4 rings (SSSR count). The SMILES string of the molecule is Cc1ccccc1CCN(C(=O)c1csnn1)[C@H](C(=O)NC1CCCC1)c1ccncc1. The second kappa shape index (κ2) is 10.5. The Morgan fingerprint density at radius 3 is 2.59 bits per heavy atom. The van der Waals surface area contributed by atoms with Gasteiger partial charge in [0.15, 0.2) is 5.69 Å². The lowest BCUT2D eigenvalue weighted by Gasteiger charge is -2.32. The number of aromatic nitrogens is 3. The first kappa shape index (κ1) is 22.1. The molecule has 0 radical (unpaired) electrons. The van der Waals surface area contributed by atoms with Crippen LogP contribution in [0, 0.1) is 6.92 Å². The number of aryl methyl sites for hydroxylation is 1. The molecule has 1 aromatic carbocycles. The Hall–Kier alpha value is -3.13. The summed E-state index contributed by atoms with van der Waals surface area (Å²) < 4.78 is 3.85. The third kappa shape index (κ3) is 5.19. The zero-order valence-electron chi connectivity index (χ0n) is 18.1. The molecule has 0 spiro atoms. The van der Waals surface area contributed by atoms with E-state index in [4.69, 9.17) is 0 Å². The summed E-state index contributed by atoms with van der Waals surface area (Å²) in [7, 11) is 0. The summed E-state index contributed by atoms with van der Waals surface area (Å²) in [5.74, 6) is -0.458. The molecule has 1 fully saturated rings. The fraction of sp³-hybridized carbons (Fsp3) is 0.375. The summed E-state index contributed by atoms with van der Waals surface area (Å²) in [4.78, 5) is 32.8. The van der Waals surface area contributed by atoms with Crippen LogP contribution >= 0.6 is 11.5 Å². The van der Waals surface area contributed by atoms with Crippen molar-refractivity contribution in [2.45, 2.75) is 51.1 Å². The smallest absolute Gasteiger partial charge is 0.276 e. The molecule has 1 aliphatic rings. The minimum atomic E-state index is -0.767. The Kier molecular flexibility index (Phi) is 7.21. The Bertz CT molecular complexity index is 1040. The maximum atomic E-state index is 13.5. The molecule has 8 heteroatoms. The van der Waals surface area contributed by atoms with Gasteiger partial charge in [-0.15, -0.1) is 5.10 Å². The van der Waals surface area contributed by atoms with Crippen LogP contribution in [0.25, 0.3) is 0 Å². The molecule has 1 atom stereocenters. The summed E-state index contributed by atoms with van der Waals surface area (Å²) in [6.45, 7) is 2.44. The lowest BCUT2D eigenvalue weighted by Crippen LogP contribution is -2.47. The highest BCUT2D eigenvalue weighted by atomic mass is 32.1. The molecule has 166 valence electrons. The topological polar surface area (TPSA) is 88.1 Å². The number of nitrogens with zero attached hydrogens (tertiary/aromatic N) is 4. The average molecular weight is 450 g/mol. The van der Waals surface area contributed by atoms with Crippen molar-refractivity contribution in [1.29, 1.82) is 0 Å². The molecule has 0 bridgehead atoms. The van der Waals surface area contributed by atoms with E-state index >= 15 is 0 Å². The van der Waals surface area contributed by atoms with Crippen LogP contribution in [0.4, 0.5) is 0 Å². The van der Waals surface area contributed by atoms with Gasteiger partial charge in [0.2, 0.25) is 5.91 Å². The van der Waals surface area contributed by atoms with E-state index in [2.05, 4.69) is 38.9 Å². The van der Waals surface area contributed by atoms with E-state index in [0.29, 0.717) is 13.0 Å². The summed E-state index contributed by atoms with van der Waals surface area (Å²) in [6, 6.07) is 11.1. The molecular weight excluding hydrogens is 422 g/mol. The van der Waals surface area contributed by atoms with Crippen LogP contribution in [-0.4, -0.2) is 43.9 Å².